The van der Waals surface area contributed by atoms with Gasteiger partial charge in [-0.2, -0.15) is 11.3 Å². The van der Waals surface area contributed by atoms with E-state index in [4.69, 9.17) is 11.6 Å². The van der Waals surface area contributed by atoms with Crippen LogP contribution in [0.1, 0.15) is 31.1 Å². The van der Waals surface area contributed by atoms with E-state index in [1.54, 1.807) is 12.1 Å². The van der Waals surface area contributed by atoms with Crippen LogP contribution in [0.3, 0.4) is 0 Å². The second kappa shape index (κ2) is 6.60. The number of amides is 1. The number of halogens is 1. The Morgan fingerprint density at radius 3 is 2.57 bits per heavy atom. The Morgan fingerprint density at radius 2 is 2.00 bits per heavy atom. The molecule has 5 heteroatoms. The molecule has 112 valence electrons. The minimum atomic E-state index is -0.682. The van der Waals surface area contributed by atoms with Gasteiger partial charge in [0.05, 0.1) is 11.5 Å². The summed E-state index contributed by atoms with van der Waals surface area (Å²) in [6, 6.07) is 9.08. The van der Waals surface area contributed by atoms with E-state index < -0.39 is 11.5 Å². The molecule has 1 amide bonds. The molecule has 1 atom stereocenters. The Balaban J connectivity index is 2.00. The zero-order valence-corrected chi connectivity index (χ0v) is 13.5. The molecule has 1 unspecified atom stereocenters. The van der Waals surface area contributed by atoms with Gasteiger partial charge in [0, 0.05) is 11.6 Å². The van der Waals surface area contributed by atoms with Crippen molar-refractivity contribution in [3.8, 4) is 0 Å². The molecule has 3 nitrogen and oxygen atoms in total. The van der Waals surface area contributed by atoms with Crippen LogP contribution in [0.4, 0.5) is 0 Å². The second-order valence-corrected chi connectivity index (χ2v) is 6.63. The average Bonchev–Trinajstić information content (AvgIpc) is 2.99. The Morgan fingerprint density at radius 1 is 1.33 bits per heavy atom. The van der Waals surface area contributed by atoms with E-state index in [-0.39, 0.29) is 12.5 Å². The number of carbonyl (C=O) groups excluding carboxylic acids is 1. The van der Waals surface area contributed by atoms with Crippen LogP contribution in [0.2, 0.25) is 5.02 Å². The summed E-state index contributed by atoms with van der Waals surface area (Å²) in [5.41, 5.74) is 1.03. The number of aliphatic hydroxyl groups excluding tert-OH is 1. The standard InChI is InChI=1S/C16H18ClNO2S/c1-16(2,12-3-5-13(17)6-4-12)15(20)18-9-14(19)11-7-8-21-10-11/h3-8,10,14,19H,9H2,1-2H3,(H,18,20). The van der Waals surface area contributed by atoms with Crippen LogP contribution in [0.15, 0.2) is 41.1 Å². The molecule has 2 aromatic rings. The zero-order chi connectivity index (χ0) is 15.5. The number of hydrogen-bond donors (Lipinski definition) is 2. The van der Waals surface area contributed by atoms with E-state index in [1.807, 2.05) is 42.8 Å². The quantitative estimate of drug-likeness (QED) is 0.884. The molecule has 0 radical (unpaired) electrons. The summed E-state index contributed by atoms with van der Waals surface area (Å²) in [7, 11) is 0. The molecule has 0 aliphatic carbocycles. The van der Waals surface area contributed by atoms with Crippen LogP contribution < -0.4 is 5.32 Å². The van der Waals surface area contributed by atoms with E-state index in [9.17, 15) is 9.90 Å². The Labute approximate surface area is 133 Å². The number of hydrogen-bond acceptors (Lipinski definition) is 3. The highest BCUT2D eigenvalue weighted by molar-refractivity contribution is 7.07. The summed E-state index contributed by atoms with van der Waals surface area (Å²) < 4.78 is 0. The maximum Gasteiger partial charge on any atom is 0.230 e. The highest BCUT2D eigenvalue weighted by Crippen LogP contribution is 2.25. The maximum atomic E-state index is 12.4. The lowest BCUT2D eigenvalue weighted by molar-refractivity contribution is -0.126. The Kier molecular flexibility index (Phi) is 5.04. The van der Waals surface area contributed by atoms with Gasteiger partial charge in [-0.1, -0.05) is 23.7 Å². The first-order valence-corrected chi connectivity index (χ1v) is 7.98. The van der Waals surface area contributed by atoms with Gasteiger partial charge in [0.15, 0.2) is 0 Å². The van der Waals surface area contributed by atoms with Crippen LogP contribution in [0, 0.1) is 0 Å². The number of carbonyl (C=O) groups is 1. The van der Waals surface area contributed by atoms with Crippen molar-refractivity contribution in [2.24, 2.45) is 0 Å². The van der Waals surface area contributed by atoms with Gasteiger partial charge in [0.2, 0.25) is 5.91 Å². The highest BCUT2D eigenvalue weighted by atomic mass is 35.5. The van der Waals surface area contributed by atoms with Crippen molar-refractivity contribution in [1.82, 2.24) is 5.32 Å². The zero-order valence-electron chi connectivity index (χ0n) is 12.0. The van der Waals surface area contributed by atoms with Crippen LogP contribution in [-0.2, 0) is 10.2 Å². The van der Waals surface area contributed by atoms with Crippen LogP contribution in [-0.4, -0.2) is 17.6 Å². The van der Waals surface area contributed by atoms with E-state index >= 15 is 0 Å². The van der Waals surface area contributed by atoms with Gasteiger partial charge in [-0.05, 0) is 53.9 Å². The summed E-state index contributed by atoms with van der Waals surface area (Å²) in [6.45, 7) is 3.90. The molecule has 1 heterocycles. The van der Waals surface area contributed by atoms with Gasteiger partial charge in [0.1, 0.15) is 0 Å². The first-order valence-electron chi connectivity index (χ1n) is 6.66. The third-order valence-electron chi connectivity index (χ3n) is 3.52. The monoisotopic (exact) mass is 323 g/mol. The lowest BCUT2D eigenvalue weighted by atomic mass is 9.83. The van der Waals surface area contributed by atoms with Gasteiger partial charge in [0.25, 0.3) is 0 Å². The molecule has 0 saturated carbocycles. The fourth-order valence-electron chi connectivity index (χ4n) is 1.99. The smallest absolute Gasteiger partial charge is 0.230 e. The first kappa shape index (κ1) is 16.0. The minimum Gasteiger partial charge on any atom is -0.387 e. The molecule has 2 rings (SSSR count). The normalized spacial score (nSPS) is 13.0. The molecule has 0 fully saturated rings. The van der Waals surface area contributed by atoms with Crippen molar-refractivity contribution in [3.05, 3.63) is 57.2 Å². The molecular formula is C16H18ClNO2S. The van der Waals surface area contributed by atoms with Crippen LogP contribution in [0.25, 0.3) is 0 Å². The summed E-state index contributed by atoms with van der Waals surface area (Å²) >= 11 is 7.39. The molecular weight excluding hydrogens is 306 g/mol. The molecule has 1 aromatic carbocycles. The van der Waals surface area contributed by atoms with Crippen molar-refractivity contribution in [2.75, 3.05) is 6.54 Å². The van der Waals surface area contributed by atoms with Gasteiger partial charge in [-0.15, -0.1) is 0 Å². The Hall–Kier alpha value is -1.36. The van der Waals surface area contributed by atoms with E-state index in [0.717, 1.165) is 11.1 Å². The molecule has 0 saturated heterocycles. The third kappa shape index (κ3) is 3.84. The van der Waals surface area contributed by atoms with Gasteiger partial charge in [-0.3, -0.25) is 4.79 Å². The van der Waals surface area contributed by atoms with E-state index in [1.165, 1.54) is 11.3 Å². The molecule has 21 heavy (non-hydrogen) atoms. The number of nitrogens with one attached hydrogen (secondary N) is 1. The highest BCUT2D eigenvalue weighted by Gasteiger charge is 2.29. The molecule has 0 bridgehead atoms. The third-order valence-corrected chi connectivity index (χ3v) is 4.47. The lowest BCUT2D eigenvalue weighted by Crippen LogP contribution is -2.41. The lowest BCUT2D eigenvalue weighted by Gasteiger charge is -2.25. The van der Waals surface area contributed by atoms with Crippen molar-refractivity contribution >= 4 is 28.8 Å². The fraction of sp³-hybridized carbons (Fsp3) is 0.312. The SMILES string of the molecule is CC(C)(C(=O)NCC(O)c1ccsc1)c1ccc(Cl)cc1. The van der Waals surface area contributed by atoms with Crippen molar-refractivity contribution in [2.45, 2.75) is 25.4 Å². The molecule has 1 aromatic heterocycles. The number of aliphatic hydroxyl groups is 1. The number of benzene rings is 1. The van der Waals surface area contributed by atoms with Gasteiger partial charge < -0.3 is 10.4 Å². The van der Waals surface area contributed by atoms with Gasteiger partial charge in [-0.25, -0.2) is 0 Å². The fourth-order valence-corrected chi connectivity index (χ4v) is 2.82. The molecule has 0 aliphatic heterocycles. The molecule has 0 spiro atoms. The van der Waals surface area contributed by atoms with Crippen molar-refractivity contribution in [1.29, 1.82) is 0 Å². The van der Waals surface area contributed by atoms with E-state index in [2.05, 4.69) is 5.32 Å². The van der Waals surface area contributed by atoms with E-state index in [0.29, 0.717) is 5.02 Å². The summed E-state index contributed by atoms with van der Waals surface area (Å²) in [6.07, 6.45) is -0.679. The van der Waals surface area contributed by atoms with Crippen LogP contribution >= 0.6 is 22.9 Å². The Bertz CT molecular complexity index is 593. The first-order chi connectivity index (χ1) is 9.91. The number of rotatable bonds is 5. The maximum absolute atomic E-state index is 12.4. The van der Waals surface area contributed by atoms with Crippen LogP contribution in [0.5, 0.6) is 0 Å². The molecule has 2 N–H and O–H groups in total. The van der Waals surface area contributed by atoms with Gasteiger partial charge >= 0.3 is 0 Å². The average molecular weight is 324 g/mol. The largest absolute Gasteiger partial charge is 0.387 e. The minimum absolute atomic E-state index is 0.126. The predicted octanol–water partition coefficient (Wildman–Crippen LogP) is 3.53. The topological polar surface area (TPSA) is 49.3 Å². The summed E-state index contributed by atoms with van der Waals surface area (Å²) in [5.74, 6) is -0.126. The molecule has 0 aliphatic rings. The van der Waals surface area contributed by atoms with Crippen molar-refractivity contribution in [3.63, 3.8) is 0 Å². The summed E-state index contributed by atoms with van der Waals surface area (Å²) in [5, 5.41) is 17.2. The second-order valence-electron chi connectivity index (χ2n) is 5.41. The summed E-state index contributed by atoms with van der Waals surface area (Å²) in [4.78, 5) is 12.4. The van der Waals surface area contributed by atoms with Crippen molar-refractivity contribution < 1.29 is 9.90 Å². The number of thiophene rings is 1. The predicted molar refractivity (Wildman–Crippen MR) is 86.8 cm³/mol.